The summed E-state index contributed by atoms with van der Waals surface area (Å²) in [7, 11) is 0. The number of hydrogen-bond acceptors (Lipinski definition) is 3. The molecule has 2 heterocycles. The smallest absolute Gasteiger partial charge is 0.151 e. The maximum Gasteiger partial charge on any atom is 0.151 e. The van der Waals surface area contributed by atoms with E-state index >= 15 is 0 Å². The molecule has 1 saturated heterocycles. The Kier molecular flexibility index (Phi) is 3.86. The first-order chi connectivity index (χ1) is 8.61. The summed E-state index contributed by atoms with van der Waals surface area (Å²) in [5.41, 5.74) is 0.601. The fourth-order valence-corrected chi connectivity index (χ4v) is 2.93. The van der Waals surface area contributed by atoms with Crippen molar-refractivity contribution in [1.82, 2.24) is 10.2 Å². The van der Waals surface area contributed by atoms with E-state index in [0.717, 1.165) is 30.7 Å². The molecule has 0 radical (unpaired) electrons. The van der Waals surface area contributed by atoms with Gasteiger partial charge in [0, 0.05) is 13.1 Å². The molecule has 18 heavy (non-hydrogen) atoms. The summed E-state index contributed by atoms with van der Waals surface area (Å²) in [5.74, 6) is 5.72. The molecular formula is C15H21N3. The van der Waals surface area contributed by atoms with E-state index in [1.54, 1.807) is 0 Å². The largest absolute Gasteiger partial charge is 0.355 e. The summed E-state index contributed by atoms with van der Waals surface area (Å²) in [4.78, 5) is 2.32. The Morgan fingerprint density at radius 1 is 1.39 bits per heavy atom. The molecule has 2 rings (SSSR count). The lowest BCUT2D eigenvalue weighted by molar-refractivity contribution is 0.228. The summed E-state index contributed by atoms with van der Waals surface area (Å²) >= 11 is 0. The van der Waals surface area contributed by atoms with Gasteiger partial charge in [0.25, 0.3) is 0 Å². The monoisotopic (exact) mass is 243 g/mol. The summed E-state index contributed by atoms with van der Waals surface area (Å²) in [6.45, 7) is 9.10. The van der Waals surface area contributed by atoms with E-state index in [2.05, 4.69) is 41.8 Å². The first kappa shape index (κ1) is 12.9. The molecule has 0 unspecified atom stereocenters. The van der Waals surface area contributed by atoms with Crippen LogP contribution in [-0.4, -0.2) is 23.3 Å². The molecule has 0 aliphatic carbocycles. The SMILES string of the molecule is C#Cc1ccc(N2CC[C@H](C(C)C)[C@H](C)C2)nn1. The molecule has 0 aromatic carbocycles. The van der Waals surface area contributed by atoms with Crippen molar-refractivity contribution < 1.29 is 0 Å². The molecule has 0 amide bonds. The normalized spacial score (nSPS) is 24.1. The highest BCUT2D eigenvalue weighted by molar-refractivity contribution is 5.40. The van der Waals surface area contributed by atoms with Gasteiger partial charge >= 0.3 is 0 Å². The number of nitrogens with zero attached hydrogens (tertiary/aromatic N) is 3. The Morgan fingerprint density at radius 2 is 2.17 bits per heavy atom. The molecule has 0 N–H and O–H groups in total. The molecule has 0 saturated carbocycles. The molecule has 2 atom stereocenters. The van der Waals surface area contributed by atoms with Crippen molar-refractivity contribution in [3.63, 3.8) is 0 Å². The third kappa shape index (κ3) is 2.64. The molecule has 1 aliphatic rings. The summed E-state index contributed by atoms with van der Waals surface area (Å²) in [6, 6.07) is 3.84. The summed E-state index contributed by atoms with van der Waals surface area (Å²) in [5, 5.41) is 8.23. The van der Waals surface area contributed by atoms with Crippen LogP contribution in [0.15, 0.2) is 12.1 Å². The van der Waals surface area contributed by atoms with Crippen molar-refractivity contribution >= 4 is 5.82 Å². The van der Waals surface area contributed by atoms with E-state index in [1.807, 2.05) is 12.1 Å². The average Bonchev–Trinajstić information content (AvgIpc) is 2.38. The minimum atomic E-state index is 0.601. The van der Waals surface area contributed by atoms with E-state index in [0.29, 0.717) is 11.6 Å². The average molecular weight is 243 g/mol. The number of rotatable bonds is 2. The van der Waals surface area contributed by atoms with Gasteiger partial charge in [0.15, 0.2) is 5.82 Å². The van der Waals surface area contributed by atoms with Gasteiger partial charge in [-0.2, -0.15) is 0 Å². The van der Waals surface area contributed by atoms with Crippen LogP contribution in [0.25, 0.3) is 0 Å². The van der Waals surface area contributed by atoms with Gasteiger partial charge in [0.2, 0.25) is 0 Å². The van der Waals surface area contributed by atoms with Crippen LogP contribution >= 0.6 is 0 Å². The predicted octanol–water partition coefficient (Wildman–Crippen LogP) is 2.58. The van der Waals surface area contributed by atoms with Crippen LogP contribution in [-0.2, 0) is 0 Å². The zero-order chi connectivity index (χ0) is 13.1. The molecular weight excluding hydrogens is 222 g/mol. The summed E-state index contributed by atoms with van der Waals surface area (Å²) in [6.07, 6.45) is 6.52. The Morgan fingerprint density at radius 3 is 2.67 bits per heavy atom. The van der Waals surface area contributed by atoms with E-state index in [-0.39, 0.29) is 0 Å². The minimum absolute atomic E-state index is 0.601. The predicted molar refractivity (Wildman–Crippen MR) is 74.3 cm³/mol. The molecule has 1 aliphatic heterocycles. The fraction of sp³-hybridized carbons (Fsp3) is 0.600. The van der Waals surface area contributed by atoms with E-state index in [1.165, 1.54) is 6.42 Å². The first-order valence-electron chi connectivity index (χ1n) is 6.67. The fourth-order valence-electron chi connectivity index (χ4n) is 2.93. The zero-order valence-corrected chi connectivity index (χ0v) is 11.4. The topological polar surface area (TPSA) is 29.0 Å². The van der Waals surface area contributed by atoms with Crippen LogP contribution < -0.4 is 4.90 Å². The highest BCUT2D eigenvalue weighted by Gasteiger charge is 2.28. The number of anilines is 1. The highest BCUT2D eigenvalue weighted by Crippen LogP contribution is 2.31. The van der Waals surface area contributed by atoms with Crippen molar-refractivity contribution in [2.45, 2.75) is 27.2 Å². The lowest BCUT2D eigenvalue weighted by atomic mass is 9.79. The van der Waals surface area contributed by atoms with Crippen LogP contribution in [0, 0.1) is 30.1 Å². The standard InChI is InChI=1S/C15H21N3/c1-5-13-6-7-15(17-16-13)18-9-8-14(11(2)3)12(4)10-18/h1,6-7,11-12,14H,8-10H2,2-4H3/t12-,14-/m1/s1. The number of aromatic nitrogens is 2. The molecule has 0 spiro atoms. The minimum Gasteiger partial charge on any atom is -0.355 e. The lowest BCUT2D eigenvalue weighted by Gasteiger charge is -2.39. The zero-order valence-electron chi connectivity index (χ0n) is 11.4. The molecule has 0 bridgehead atoms. The molecule has 96 valence electrons. The Balaban J connectivity index is 2.05. The number of terminal acetylenes is 1. The van der Waals surface area contributed by atoms with Crippen LogP contribution in [0.5, 0.6) is 0 Å². The van der Waals surface area contributed by atoms with Crippen molar-refractivity contribution in [3.8, 4) is 12.3 Å². The van der Waals surface area contributed by atoms with Crippen LogP contribution in [0.4, 0.5) is 5.82 Å². The third-order valence-electron chi connectivity index (χ3n) is 3.95. The quantitative estimate of drug-likeness (QED) is 0.748. The molecule has 1 aromatic heterocycles. The van der Waals surface area contributed by atoms with Gasteiger partial charge in [-0.15, -0.1) is 16.6 Å². The maximum absolute atomic E-state index is 5.29. The van der Waals surface area contributed by atoms with Crippen molar-refractivity contribution in [2.24, 2.45) is 17.8 Å². The van der Waals surface area contributed by atoms with Crippen LogP contribution in [0.1, 0.15) is 32.9 Å². The number of piperidine rings is 1. The second-order valence-electron chi connectivity index (χ2n) is 5.54. The van der Waals surface area contributed by atoms with Gasteiger partial charge in [0.05, 0.1) is 0 Å². The molecule has 3 nitrogen and oxygen atoms in total. The highest BCUT2D eigenvalue weighted by atomic mass is 15.3. The Labute approximate surface area is 110 Å². The van der Waals surface area contributed by atoms with Crippen molar-refractivity contribution in [2.75, 3.05) is 18.0 Å². The van der Waals surface area contributed by atoms with Gasteiger partial charge in [-0.1, -0.05) is 20.8 Å². The lowest BCUT2D eigenvalue weighted by Crippen LogP contribution is -2.41. The summed E-state index contributed by atoms with van der Waals surface area (Å²) < 4.78 is 0. The van der Waals surface area contributed by atoms with E-state index in [9.17, 15) is 0 Å². The van der Waals surface area contributed by atoms with Crippen LogP contribution in [0.2, 0.25) is 0 Å². The third-order valence-corrected chi connectivity index (χ3v) is 3.95. The second-order valence-corrected chi connectivity index (χ2v) is 5.54. The van der Waals surface area contributed by atoms with Gasteiger partial charge in [-0.25, -0.2) is 0 Å². The van der Waals surface area contributed by atoms with Crippen molar-refractivity contribution in [1.29, 1.82) is 0 Å². The van der Waals surface area contributed by atoms with Gasteiger partial charge in [-0.05, 0) is 42.2 Å². The van der Waals surface area contributed by atoms with Gasteiger partial charge in [-0.3, -0.25) is 0 Å². The molecule has 3 heteroatoms. The van der Waals surface area contributed by atoms with Crippen molar-refractivity contribution in [3.05, 3.63) is 17.8 Å². The Bertz CT molecular complexity index is 430. The van der Waals surface area contributed by atoms with Crippen LogP contribution in [0.3, 0.4) is 0 Å². The molecule has 1 fully saturated rings. The van der Waals surface area contributed by atoms with E-state index < -0.39 is 0 Å². The van der Waals surface area contributed by atoms with E-state index in [4.69, 9.17) is 6.42 Å². The van der Waals surface area contributed by atoms with Gasteiger partial charge in [0.1, 0.15) is 5.69 Å². The number of hydrogen-bond donors (Lipinski definition) is 0. The molecule has 1 aromatic rings. The Hall–Kier alpha value is -1.56. The second kappa shape index (κ2) is 5.39. The maximum atomic E-state index is 5.29. The van der Waals surface area contributed by atoms with Gasteiger partial charge < -0.3 is 4.90 Å². The first-order valence-corrected chi connectivity index (χ1v) is 6.67.